The van der Waals surface area contributed by atoms with Gasteiger partial charge in [-0.3, -0.25) is 29.4 Å². The molecule has 1 atom stereocenters. The third-order valence-corrected chi connectivity index (χ3v) is 4.99. The molecule has 0 radical (unpaired) electrons. The fourth-order valence-corrected chi connectivity index (χ4v) is 3.80. The first-order chi connectivity index (χ1) is 10.4. The first kappa shape index (κ1) is 14.7. The van der Waals surface area contributed by atoms with Gasteiger partial charge in [-0.15, -0.1) is 11.3 Å². The Bertz CT molecular complexity index is 711. The summed E-state index contributed by atoms with van der Waals surface area (Å²) in [5, 5.41) is 7.53. The molecule has 8 heteroatoms. The lowest BCUT2D eigenvalue weighted by Crippen LogP contribution is -2.62. The van der Waals surface area contributed by atoms with Gasteiger partial charge in [-0.2, -0.15) is 0 Å². The summed E-state index contributed by atoms with van der Waals surface area (Å²) < 4.78 is 0. The molecule has 1 aromatic heterocycles. The second-order valence-corrected chi connectivity index (χ2v) is 6.36. The minimum atomic E-state index is -1.33. The number of carbonyl (C=O) groups is 4. The van der Waals surface area contributed by atoms with Gasteiger partial charge < -0.3 is 5.32 Å². The highest BCUT2D eigenvalue weighted by atomic mass is 32.1. The van der Waals surface area contributed by atoms with Crippen molar-refractivity contribution in [1.82, 2.24) is 10.2 Å². The summed E-state index contributed by atoms with van der Waals surface area (Å²) in [7, 11) is 0. The molecule has 0 unspecified atom stereocenters. The maximum Gasteiger partial charge on any atom is 0.265 e. The fraction of sp³-hybridized carbons (Fsp3) is 0.429. The van der Waals surface area contributed by atoms with Crippen LogP contribution in [0.1, 0.15) is 47.4 Å². The van der Waals surface area contributed by atoms with Crippen molar-refractivity contribution in [3.05, 3.63) is 16.5 Å². The van der Waals surface area contributed by atoms with Crippen molar-refractivity contribution in [2.45, 2.75) is 32.2 Å². The molecule has 0 aromatic carbocycles. The van der Waals surface area contributed by atoms with Crippen molar-refractivity contribution in [2.24, 2.45) is 0 Å². The Balaban J connectivity index is 2.00. The van der Waals surface area contributed by atoms with E-state index in [9.17, 15) is 19.2 Å². The molecule has 0 spiro atoms. The molecular formula is C14H15N3O4S. The number of carbonyl (C=O) groups excluding carboxylic acids is 4. The monoisotopic (exact) mass is 321 g/mol. The van der Waals surface area contributed by atoms with Gasteiger partial charge in [0.1, 0.15) is 10.5 Å². The maximum absolute atomic E-state index is 12.7. The zero-order valence-corrected chi connectivity index (χ0v) is 13.0. The Morgan fingerprint density at radius 2 is 2.05 bits per heavy atom. The van der Waals surface area contributed by atoms with E-state index in [1.165, 1.54) is 18.3 Å². The van der Waals surface area contributed by atoms with Gasteiger partial charge >= 0.3 is 0 Å². The van der Waals surface area contributed by atoms with Gasteiger partial charge in [0.2, 0.25) is 5.91 Å². The van der Waals surface area contributed by atoms with Gasteiger partial charge in [-0.1, -0.05) is 0 Å². The van der Waals surface area contributed by atoms with Crippen molar-refractivity contribution in [2.75, 3.05) is 11.9 Å². The van der Waals surface area contributed by atoms with E-state index in [1.807, 2.05) is 6.92 Å². The molecule has 1 fully saturated rings. The number of rotatable bonds is 3. The van der Waals surface area contributed by atoms with Crippen molar-refractivity contribution in [1.29, 1.82) is 0 Å². The normalized spacial score (nSPS) is 24.5. The van der Waals surface area contributed by atoms with E-state index >= 15 is 0 Å². The number of thiophene rings is 1. The van der Waals surface area contributed by atoms with E-state index in [4.69, 9.17) is 0 Å². The van der Waals surface area contributed by atoms with Gasteiger partial charge in [0.25, 0.3) is 17.7 Å². The molecule has 22 heavy (non-hydrogen) atoms. The average Bonchev–Trinajstić information content (AvgIpc) is 2.97. The van der Waals surface area contributed by atoms with Gasteiger partial charge in [-0.05, 0) is 20.3 Å². The Morgan fingerprint density at radius 3 is 2.68 bits per heavy atom. The topological polar surface area (TPSA) is 95.6 Å². The lowest BCUT2D eigenvalue weighted by atomic mass is 9.89. The minimum Gasteiger partial charge on any atom is -0.377 e. The molecule has 0 aliphatic carbocycles. The van der Waals surface area contributed by atoms with Crippen molar-refractivity contribution in [3.63, 3.8) is 0 Å². The molecule has 7 nitrogen and oxygen atoms in total. The number of hydrogen-bond donors (Lipinski definition) is 2. The van der Waals surface area contributed by atoms with E-state index in [0.717, 1.165) is 4.90 Å². The predicted octanol–water partition coefficient (Wildman–Crippen LogP) is 0.971. The van der Waals surface area contributed by atoms with Gasteiger partial charge in [0.15, 0.2) is 0 Å². The lowest BCUT2D eigenvalue weighted by Gasteiger charge is -2.38. The standard InChI is InChI=1S/C14H15N3O4S/c1-3-15-10-9-7(6-22-10)11(19)17(12(9)20)14(2)5-4-8(18)16-13(14)21/h6,15H,3-5H2,1-2H3,(H,16,18,21)/t14-/m0/s1. The van der Waals surface area contributed by atoms with Crippen LogP contribution in [-0.2, 0) is 9.59 Å². The van der Waals surface area contributed by atoms with Crippen LogP contribution < -0.4 is 10.6 Å². The van der Waals surface area contributed by atoms with E-state index in [-0.39, 0.29) is 18.7 Å². The molecule has 0 saturated carbocycles. The number of hydrogen-bond acceptors (Lipinski definition) is 6. The van der Waals surface area contributed by atoms with E-state index < -0.39 is 23.3 Å². The summed E-state index contributed by atoms with van der Waals surface area (Å²) >= 11 is 1.30. The summed E-state index contributed by atoms with van der Waals surface area (Å²) in [6.07, 6.45) is 0.242. The molecule has 0 bridgehead atoms. The summed E-state index contributed by atoms with van der Waals surface area (Å²) in [5.74, 6) is -1.95. The molecule has 2 aliphatic heterocycles. The van der Waals surface area contributed by atoms with Gasteiger partial charge in [0.05, 0.1) is 11.1 Å². The first-order valence-corrected chi connectivity index (χ1v) is 7.86. The average molecular weight is 321 g/mol. The number of piperidine rings is 1. The van der Waals surface area contributed by atoms with Crippen molar-refractivity contribution in [3.8, 4) is 0 Å². The highest BCUT2D eigenvalue weighted by molar-refractivity contribution is 7.15. The SMILES string of the molecule is CCNc1scc2c1C(=O)N([C@@]1(C)CCC(=O)NC1=O)C2=O. The molecule has 1 aromatic rings. The predicted molar refractivity (Wildman–Crippen MR) is 79.8 cm³/mol. The number of anilines is 1. The highest BCUT2D eigenvalue weighted by Crippen LogP contribution is 2.40. The van der Waals surface area contributed by atoms with Crippen LogP contribution in [0.15, 0.2) is 5.38 Å². The van der Waals surface area contributed by atoms with E-state index in [2.05, 4.69) is 10.6 Å². The third-order valence-electron chi connectivity index (χ3n) is 4.05. The van der Waals surface area contributed by atoms with Crippen LogP contribution in [0.2, 0.25) is 0 Å². The molecule has 3 heterocycles. The minimum absolute atomic E-state index is 0.103. The fourth-order valence-electron chi connectivity index (χ4n) is 2.80. The number of imide groups is 2. The Labute approximate surface area is 130 Å². The number of nitrogens with zero attached hydrogens (tertiary/aromatic N) is 1. The van der Waals surface area contributed by atoms with Gasteiger partial charge in [-0.25, -0.2) is 0 Å². The number of fused-ring (bicyclic) bond motifs is 1. The quantitative estimate of drug-likeness (QED) is 0.809. The number of amides is 4. The molecule has 2 N–H and O–H groups in total. The molecular weight excluding hydrogens is 306 g/mol. The van der Waals surface area contributed by atoms with Crippen LogP contribution >= 0.6 is 11.3 Å². The number of nitrogens with one attached hydrogen (secondary N) is 2. The molecule has 2 aliphatic rings. The van der Waals surface area contributed by atoms with Gasteiger partial charge in [0, 0.05) is 18.3 Å². The third kappa shape index (κ3) is 1.87. The van der Waals surface area contributed by atoms with Crippen LogP contribution in [0, 0.1) is 0 Å². The van der Waals surface area contributed by atoms with Crippen LogP contribution in [0.25, 0.3) is 0 Å². The zero-order valence-electron chi connectivity index (χ0n) is 12.2. The molecule has 1 saturated heterocycles. The smallest absolute Gasteiger partial charge is 0.265 e. The Morgan fingerprint density at radius 1 is 1.32 bits per heavy atom. The Kier molecular flexibility index (Phi) is 3.28. The van der Waals surface area contributed by atoms with Crippen LogP contribution in [0.3, 0.4) is 0 Å². The van der Waals surface area contributed by atoms with Crippen LogP contribution in [0.4, 0.5) is 5.00 Å². The summed E-state index contributed by atoms with van der Waals surface area (Å²) in [5.41, 5.74) is -0.693. The second-order valence-electron chi connectivity index (χ2n) is 5.48. The second kappa shape index (κ2) is 4.91. The lowest BCUT2D eigenvalue weighted by molar-refractivity contribution is -0.140. The molecule has 116 valence electrons. The summed E-state index contributed by atoms with van der Waals surface area (Å²) in [6, 6.07) is 0. The highest BCUT2D eigenvalue weighted by Gasteiger charge is 2.53. The molecule has 3 rings (SSSR count). The Hall–Kier alpha value is -2.22. The van der Waals surface area contributed by atoms with Crippen molar-refractivity contribution >= 4 is 40.0 Å². The first-order valence-electron chi connectivity index (χ1n) is 6.98. The van der Waals surface area contributed by atoms with E-state index in [0.29, 0.717) is 22.7 Å². The van der Waals surface area contributed by atoms with Crippen LogP contribution in [0.5, 0.6) is 0 Å². The summed E-state index contributed by atoms with van der Waals surface area (Å²) in [4.78, 5) is 49.8. The van der Waals surface area contributed by atoms with Crippen LogP contribution in [-0.4, -0.2) is 40.6 Å². The van der Waals surface area contributed by atoms with E-state index in [1.54, 1.807) is 5.38 Å². The van der Waals surface area contributed by atoms with Crippen molar-refractivity contribution < 1.29 is 19.2 Å². The zero-order chi connectivity index (χ0) is 16.1. The summed E-state index contributed by atoms with van der Waals surface area (Å²) in [6.45, 7) is 4.04. The molecule has 4 amide bonds. The largest absolute Gasteiger partial charge is 0.377 e. The maximum atomic E-state index is 12.7.